The van der Waals surface area contributed by atoms with E-state index < -0.39 is 0 Å². The van der Waals surface area contributed by atoms with Crippen molar-refractivity contribution >= 4 is 44.9 Å². The maximum Gasteiger partial charge on any atom is 0.337 e. The lowest BCUT2D eigenvalue weighted by molar-refractivity contribution is 0.380. The molecular formula is C12H7BrCl2N4O. The zero-order chi connectivity index (χ0) is 14.3. The molecule has 0 spiro atoms. The van der Waals surface area contributed by atoms with E-state index in [1.165, 1.54) is 11.6 Å². The molecule has 0 aliphatic carbocycles. The molecule has 5 nitrogen and oxygen atoms in total. The molecule has 2 heterocycles. The largest absolute Gasteiger partial charge is 0.466 e. The van der Waals surface area contributed by atoms with Crippen molar-refractivity contribution in [1.29, 1.82) is 0 Å². The highest BCUT2D eigenvalue weighted by atomic mass is 79.9. The molecule has 0 radical (unpaired) electrons. The van der Waals surface area contributed by atoms with Gasteiger partial charge in [-0.2, -0.15) is 14.5 Å². The first-order chi connectivity index (χ1) is 9.60. The smallest absolute Gasteiger partial charge is 0.337 e. The van der Waals surface area contributed by atoms with Crippen molar-refractivity contribution in [1.82, 2.24) is 19.6 Å². The molecule has 0 fully saturated rings. The second kappa shape index (κ2) is 5.20. The molecule has 1 aromatic carbocycles. The maximum absolute atomic E-state index is 6.37. The van der Waals surface area contributed by atoms with Crippen LogP contribution < -0.4 is 4.74 Å². The Kier molecular flexibility index (Phi) is 3.54. The van der Waals surface area contributed by atoms with Crippen LogP contribution in [0.2, 0.25) is 10.3 Å². The highest BCUT2D eigenvalue weighted by molar-refractivity contribution is 9.10. The van der Waals surface area contributed by atoms with E-state index >= 15 is 0 Å². The van der Waals surface area contributed by atoms with Gasteiger partial charge < -0.3 is 4.74 Å². The third-order valence-electron chi connectivity index (χ3n) is 2.66. The topological polar surface area (TPSA) is 52.3 Å². The lowest BCUT2D eigenvalue weighted by atomic mass is 10.1. The fourth-order valence-electron chi connectivity index (χ4n) is 1.79. The number of hydrogen-bond acceptors (Lipinski definition) is 4. The highest BCUT2D eigenvalue weighted by Crippen LogP contribution is 2.35. The Morgan fingerprint density at radius 2 is 2.05 bits per heavy atom. The van der Waals surface area contributed by atoms with E-state index in [-0.39, 0.29) is 16.9 Å². The maximum atomic E-state index is 6.37. The summed E-state index contributed by atoms with van der Waals surface area (Å²) in [6, 6.07) is 7.77. The molecule has 0 saturated carbocycles. The van der Waals surface area contributed by atoms with E-state index in [1.807, 2.05) is 24.3 Å². The molecule has 102 valence electrons. The number of benzene rings is 1. The summed E-state index contributed by atoms with van der Waals surface area (Å²) in [5.74, 6) is 0.288. The number of ether oxygens (including phenoxy) is 1. The fourth-order valence-corrected chi connectivity index (χ4v) is 2.83. The fraction of sp³-hybridized carbons (Fsp3) is 0.0833. The van der Waals surface area contributed by atoms with Crippen molar-refractivity contribution in [2.45, 2.75) is 0 Å². The molecule has 3 rings (SSSR count). The van der Waals surface area contributed by atoms with E-state index in [2.05, 4.69) is 31.0 Å². The molecule has 8 heteroatoms. The van der Waals surface area contributed by atoms with Gasteiger partial charge in [0.25, 0.3) is 5.78 Å². The predicted octanol–water partition coefficient (Wildman–Crippen LogP) is 3.87. The van der Waals surface area contributed by atoms with Crippen LogP contribution in [0.4, 0.5) is 0 Å². The van der Waals surface area contributed by atoms with E-state index in [0.717, 1.165) is 10.0 Å². The monoisotopic (exact) mass is 372 g/mol. The van der Waals surface area contributed by atoms with Crippen LogP contribution in [0.15, 0.2) is 28.7 Å². The molecule has 0 N–H and O–H groups in total. The van der Waals surface area contributed by atoms with E-state index in [0.29, 0.717) is 10.7 Å². The minimum Gasteiger partial charge on any atom is -0.466 e. The first kappa shape index (κ1) is 13.6. The summed E-state index contributed by atoms with van der Waals surface area (Å²) in [6.45, 7) is 0. The average Bonchev–Trinajstić information content (AvgIpc) is 2.82. The summed E-state index contributed by atoms with van der Waals surface area (Å²) in [4.78, 5) is 8.23. The van der Waals surface area contributed by atoms with Gasteiger partial charge in [0.05, 0.1) is 12.7 Å². The van der Waals surface area contributed by atoms with Crippen LogP contribution in [0.5, 0.6) is 6.01 Å². The molecule has 0 atom stereocenters. The van der Waals surface area contributed by atoms with Crippen LogP contribution in [-0.2, 0) is 0 Å². The van der Waals surface area contributed by atoms with Gasteiger partial charge in [-0.25, -0.2) is 0 Å². The molecule has 20 heavy (non-hydrogen) atoms. The number of hydrogen-bond donors (Lipinski definition) is 0. The van der Waals surface area contributed by atoms with Gasteiger partial charge in [0.1, 0.15) is 10.3 Å². The van der Waals surface area contributed by atoms with Crippen molar-refractivity contribution in [2.75, 3.05) is 7.11 Å². The lowest BCUT2D eigenvalue weighted by Crippen LogP contribution is -1.97. The molecule has 0 amide bonds. The van der Waals surface area contributed by atoms with E-state index in [4.69, 9.17) is 27.9 Å². The van der Waals surface area contributed by atoms with Gasteiger partial charge in [-0.3, -0.25) is 0 Å². The molecule has 2 aromatic heterocycles. The number of rotatable bonds is 2. The van der Waals surface area contributed by atoms with Crippen LogP contribution >= 0.6 is 39.1 Å². The number of halogens is 3. The first-order valence-corrected chi connectivity index (χ1v) is 7.06. The van der Waals surface area contributed by atoms with Crippen molar-refractivity contribution in [3.8, 4) is 17.1 Å². The predicted molar refractivity (Wildman–Crippen MR) is 80.5 cm³/mol. The number of fused-ring (bicyclic) bond motifs is 1. The van der Waals surface area contributed by atoms with Crippen LogP contribution in [0.3, 0.4) is 0 Å². The van der Waals surface area contributed by atoms with Crippen LogP contribution in [0.1, 0.15) is 0 Å². The van der Waals surface area contributed by atoms with Crippen LogP contribution in [-0.4, -0.2) is 26.7 Å². The molecule has 0 unspecified atom stereocenters. The normalized spacial score (nSPS) is 11.0. The number of methoxy groups -OCH3 is 1. The number of aromatic nitrogens is 4. The quantitative estimate of drug-likeness (QED) is 0.640. The Morgan fingerprint density at radius 1 is 1.25 bits per heavy atom. The van der Waals surface area contributed by atoms with Gasteiger partial charge in [0.15, 0.2) is 0 Å². The average molecular weight is 374 g/mol. The Labute approximate surface area is 132 Å². The molecule has 0 bridgehead atoms. The summed E-state index contributed by atoms with van der Waals surface area (Å²) in [6.07, 6.45) is 0. The summed E-state index contributed by atoms with van der Waals surface area (Å²) in [5, 5.41) is 4.69. The highest BCUT2D eigenvalue weighted by Gasteiger charge is 2.17. The zero-order valence-corrected chi connectivity index (χ0v) is 13.2. The van der Waals surface area contributed by atoms with Gasteiger partial charge >= 0.3 is 6.01 Å². The van der Waals surface area contributed by atoms with Gasteiger partial charge in [0, 0.05) is 4.47 Å². The zero-order valence-electron chi connectivity index (χ0n) is 10.1. The van der Waals surface area contributed by atoms with Gasteiger partial charge in [-0.1, -0.05) is 51.3 Å². The summed E-state index contributed by atoms with van der Waals surface area (Å²) < 4.78 is 7.27. The van der Waals surface area contributed by atoms with Crippen molar-refractivity contribution in [2.24, 2.45) is 0 Å². The van der Waals surface area contributed by atoms with Crippen molar-refractivity contribution < 1.29 is 4.74 Å². The summed E-state index contributed by atoms with van der Waals surface area (Å²) in [7, 11) is 1.47. The molecule has 0 aliphatic heterocycles. The summed E-state index contributed by atoms with van der Waals surface area (Å²) >= 11 is 16.0. The third kappa shape index (κ3) is 2.24. The SMILES string of the molecule is COc1nc2nc(Cl)c(-c3cccc(Br)c3)c(Cl)n2n1. The third-order valence-corrected chi connectivity index (χ3v) is 3.78. The second-order valence-electron chi connectivity index (χ2n) is 3.89. The molecule has 0 saturated heterocycles. The van der Waals surface area contributed by atoms with E-state index in [1.54, 1.807) is 0 Å². The van der Waals surface area contributed by atoms with E-state index in [9.17, 15) is 0 Å². The number of nitrogens with zero attached hydrogens (tertiary/aromatic N) is 4. The molecular weight excluding hydrogens is 367 g/mol. The van der Waals surface area contributed by atoms with Crippen LogP contribution in [0, 0.1) is 0 Å². The molecule has 0 aliphatic rings. The minimum absolute atomic E-state index is 0.182. The van der Waals surface area contributed by atoms with Gasteiger partial charge in [-0.15, -0.1) is 5.10 Å². The Morgan fingerprint density at radius 3 is 2.75 bits per heavy atom. The van der Waals surface area contributed by atoms with Crippen molar-refractivity contribution in [3.63, 3.8) is 0 Å². The lowest BCUT2D eigenvalue weighted by Gasteiger charge is -2.07. The van der Waals surface area contributed by atoms with Gasteiger partial charge in [0.2, 0.25) is 0 Å². The van der Waals surface area contributed by atoms with Gasteiger partial charge in [-0.05, 0) is 17.7 Å². The Balaban J connectivity index is 2.30. The molecule has 3 aromatic rings. The van der Waals surface area contributed by atoms with Crippen LogP contribution in [0.25, 0.3) is 16.9 Å². The standard InChI is InChI=1S/C12H7BrCl2N4O/c1-20-12-17-11-16-9(14)8(10(15)19(11)18-12)6-3-2-4-7(13)5-6/h2-5H,1H3. The first-order valence-electron chi connectivity index (χ1n) is 5.52. The Hall–Kier alpha value is -1.37. The minimum atomic E-state index is 0.182. The van der Waals surface area contributed by atoms with Crippen molar-refractivity contribution in [3.05, 3.63) is 39.0 Å². The second-order valence-corrected chi connectivity index (χ2v) is 5.52. The summed E-state index contributed by atoms with van der Waals surface area (Å²) in [5.41, 5.74) is 1.42. The Bertz CT molecular complexity index is 805.